The lowest BCUT2D eigenvalue weighted by Crippen LogP contribution is -2.36. The number of thiazole rings is 2. The van der Waals surface area contributed by atoms with Gasteiger partial charge in [-0.1, -0.05) is 46.8 Å². The summed E-state index contributed by atoms with van der Waals surface area (Å²) in [6.07, 6.45) is 4.19. The Labute approximate surface area is 214 Å². The maximum absolute atomic E-state index is 13.4. The number of nitrogens with zero attached hydrogens (tertiary/aromatic N) is 3. The topological polar surface area (TPSA) is 38.4 Å². The number of rotatable bonds is 5. The number of para-hydroxylation sites is 1. The number of fused-ring (bicyclic) bond motifs is 1. The first-order valence-electron chi connectivity index (χ1n) is 10.8. The minimum absolute atomic E-state index is 0.0415. The summed E-state index contributed by atoms with van der Waals surface area (Å²) >= 11 is 11.0. The van der Waals surface area contributed by atoms with Crippen molar-refractivity contribution in [2.45, 2.75) is 24.9 Å². The van der Waals surface area contributed by atoms with Crippen LogP contribution in [0.5, 0.6) is 5.75 Å². The van der Waals surface area contributed by atoms with E-state index in [4.69, 9.17) is 16.3 Å². The van der Waals surface area contributed by atoms with Crippen LogP contribution in [-0.2, 0) is 13.1 Å². The fourth-order valence-corrected chi connectivity index (χ4v) is 7.57. The van der Waals surface area contributed by atoms with Crippen molar-refractivity contribution in [1.29, 1.82) is 0 Å². The van der Waals surface area contributed by atoms with Crippen molar-refractivity contribution in [2.24, 2.45) is 0 Å². The number of aromatic nitrogens is 2. The minimum atomic E-state index is 0.0415. The molecule has 5 nitrogen and oxygen atoms in total. The second kappa shape index (κ2) is 9.62. The Kier molecular flexibility index (Phi) is 6.57. The van der Waals surface area contributed by atoms with Gasteiger partial charge >= 0.3 is 0 Å². The Balaban J connectivity index is 1.60. The average molecular weight is 529 g/mol. The van der Waals surface area contributed by atoms with Gasteiger partial charge in [0.05, 0.1) is 29.8 Å². The van der Waals surface area contributed by atoms with Gasteiger partial charge in [0.1, 0.15) is 20.0 Å². The van der Waals surface area contributed by atoms with Gasteiger partial charge in [-0.3, -0.25) is 9.36 Å². The quantitative estimate of drug-likeness (QED) is 0.365. The third-order valence-electron chi connectivity index (χ3n) is 5.71. The van der Waals surface area contributed by atoms with Crippen LogP contribution in [0, 0.1) is 0 Å². The second-order valence-electron chi connectivity index (χ2n) is 7.72. The Morgan fingerprint density at radius 1 is 1.21 bits per heavy atom. The molecule has 3 heterocycles. The Morgan fingerprint density at radius 3 is 2.82 bits per heavy atom. The SMILES string of the molecule is CCn1c(=O)/c(=C2\Sc3cc(Cl)ccc3N2C)s/c1=C\c1scc[n+]1Cc1ccccc1OC. The zero-order valence-corrected chi connectivity index (χ0v) is 22.2. The molecule has 2 aromatic carbocycles. The molecule has 2 aromatic heterocycles. The third-order valence-corrected chi connectivity index (χ3v) is 9.26. The number of benzene rings is 2. The molecule has 1 aliphatic heterocycles. The predicted octanol–water partition coefficient (Wildman–Crippen LogP) is 4.13. The van der Waals surface area contributed by atoms with E-state index in [1.165, 1.54) is 11.3 Å². The van der Waals surface area contributed by atoms with Crippen LogP contribution in [0.15, 0.2) is 63.7 Å². The number of thioether (sulfide) groups is 1. The molecule has 5 rings (SSSR count). The van der Waals surface area contributed by atoms with Crippen LogP contribution in [0.1, 0.15) is 17.5 Å². The van der Waals surface area contributed by atoms with E-state index in [0.29, 0.717) is 18.1 Å². The number of anilines is 1. The van der Waals surface area contributed by atoms with E-state index in [1.54, 1.807) is 30.2 Å². The van der Waals surface area contributed by atoms with E-state index in [2.05, 4.69) is 33.2 Å². The second-order valence-corrected chi connectivity index (χ2v) is 11.1. The monoisotopic (exact) mass is 528 g/mol. The highest BCUT2D eigenvalue weighted by Crippen LogP contribution is 2.46. The summed E-state index contributed by atoms with van der Waals surface area (Å²) < 4.78 is 11.3. The van der Waals surface area contributed by atoms with E-state index >= 15 is 0 Å². The number of ether oxygens (including phenoxy) is 1. The first-order chi connectivity index (χ1) is 16.5. The Bertz CT molecular complexity index is 1550. The van der Waals surface area contributed by atoms with E-state index < -0.39 is 0 Å². The Hall–Kier alpha value is -2.52. The van der Waals surface area contributed by atoms with Gasteiger partial charge in [0.25, 0.3) is 10.6 Å². The van der Waals surface area contributed by atoms with Gasteiger partial charge in [-0.2, -0.15) is 4.57 Å². The molecule has 0 atom stereocenters. The molecule has 0 bridgehead atoms. The van der Waals surface area contributed by atoms with Crippen molar-refractivity contribution in [3.8, 4) is 5.75 Å². The maximum Gasteiger partial charge on any atom is 0.271 e. The number of hydrogen-bond donors (Lipinski definition) is 0. The zero-order chi connectivity index (χ0) is 23.8. The molecule has 34 heavy (non-hydrogen) atoms. The molecule has 0 radical (unpaired) electrons. The smallest absolute Gasteiger partial charge is 0.271 e. The van der Waals surface area contributed by atoms with Crippen LogP contribution in [-0.4, -0.2) is 18.7 Å². The van der Waals surface area contributed by atoms with Gasteiger partial charge in [-0.15, -0.1) is 11.3 Å². The molecule has 0 saturated carbocycles. The predicted molar refractivity (Wildman–Crippen MR) is 143 cm³/mol. The molecule has 0 aliphatic carbocycles. The Morgan fingerprint density at radius 2 is 2.03 bits per heavy atom. The molecule has 174 valence electrons. The maximum atomic E-state index is 13.4. The fourth-order valence-electron chi connectivity index (χ4n) is 3.98. The van der Waals surface area contributed by atoms with Gasteiger partial charge in [-0.05, 0) is 37.3 Å². The van der Waals surface area contributed by atoms with Crippen molar-refractivity contribution in [1.82, 2.24) is 4.57 Å². The van der Waals surface area contributed by atoms with Gasteiger partial charge in [0, 0.05) is 23.5 Å². The minimum Gasteiger partial charge on any atom is -0.496 e. The zero-order valence-electron chi connectivity index (χ0n) is 18.9. The van der Waals surface area contributed by atoms with Crippen molar-refractivity contribution >= 4 is 62.8 Å². The first kappa shape index (κ1) is 23.2. The molecule has 9 heteroatoms. The van der Waals surface area contributed by atoms with E-state index in [1.807, 2.05) is 54.9 Å². The van der Waals surface area contributed by atoms with Crippen LogP contribution in [0.25, 0.3) is 11.1 Å². The standard InChI is InChI=1S/C25H23ClN3O2S3/c1-4-29-22(14-21-28(11-12-32-21)15-16-7-5-6-8-19(16)31-3)34-23(24(29)30)25-27(2)18-10-9-17(26)13-20(18)33-25/h5-14H,4,15H2,1-3H3/q+1/b25-23+. The molecular formula is C25H23ClN3O2S3+. The van der Waals surface area contributed by atoms with Gasteiger partial charge < -0.3 is 9.64 Å². The molecule has 0 N–H and O–H groups in total. The largest absolute Gasteiger partial charge is 0.496 e. The van der Waals surface area contributed by atoms with E-state index in [0.717, 1.165) is 41.1 Å². The van der Waals surface area contributed by atoms with Crippen LogP contribution in [0.3, 0.4) is 0 Å². The van der Waals surface area contributed by atoms with E-state index in [9.17, 15) is 4.79 Å². The van der Waals surface area contributed by atoms with Crippen molar-refractivity contribution < 1.29 is 9.30 Å². The van der Waals surface area contributed by atoms with Crippen LogP contribution in [0.4, 0.5) is 5.69 Å². The summed E-state index contributed by atoms with van der Waals surface area (Å²) in [6, 6.07) is 13.9. The van der Waals surface area contributed by atoms with E-state index in [-0.39, 0.29) is 5.56 Å². The summed E-state index contributed by atoms with van der Waals surface area (Å²) in [5, 5.41) is 4.79. The van der Waals surface area contributed by atoms with Crippen molar-refractivity contribution in [3.63, 3.8) is 0 Å². The molecular weight excluding hydrogens is 506 g/mol. The van der Waals surface area contributed by atoms with Crippen LogP contribution < -0.4 is 29.0 Å². The lowest BCUT2D eigenvalue weighted by molar-refractivity contribution is -0.685. The normalized spacial score (nSPS) is 15.2. The summed E-state index contributed by atoms with van der Waals surface area (Å²) in [6.45, 7) is 3.32. The highest BCUT2D eigenvalue weighted by molar-refractivity contribution is 8.08. The number of halogens is 1. The van der Waals surface area contributed by atoms with Crippen LogP contribution >= 0.6 is 46.0 Å². The van der Waals surface area contributed by atoms with Gasteiger partial charge in [0.15, 0.2) is 12.7 Å². The highest BCUT2D eigenvalue weighted by atomic mass is 35.5. The van der Waals surface area contributed by atoms with Gasteiger partial charge in [-0.25, -0.2) is 0 Å². The summed E-state index contributed by atoms with van der Waals surface area (Å²) in [4.78, 5) is 16.6. The van der Waals surface area contributed by atoms with Crippen molar-refractivity contribution in [3.05, 3.63) is 89.2 Å². The lowest BCUT2D eigenvalue weighted by Gasteiger charge is -2.12. The molecule has 0 fully saturated rings. The summed E-state index contributed by atoms with van der Waals surface area (Å²) in [5.74, 6) is 0.869. The van der Waals surface area contributed by atoms with Crippen LogP contribution in [0.2, 0.25) is 5.02 Å². The van der Waals surface area contributed by atoms with Gasteiger partial charge in [0.2, 0.25) is 0 Å². The fraction of sp³-hybridized carbons (Fsp3) is 0.200. The van der Waals surface area contributed by atoms with Crippen molar-refractivity contribution in [2.75, 3.05) is 19.1 Å². The molecule has 0 amide bonds. The molecule has 4 aromatic rings. The number of hydrogen-bond acceptors (Lipinski definition) is 6. The molecule has 0 unspecified atom stereocenters. The highest BCUT2D eigenvalue weighted by Gasteiger charge is 2.25. The number of methoxy groups -OCH3 is 1. The summed E-state index contributed by atoms with van der Waals surface area (Å²) in [7, 11) is 3.70. The first-order valence-corrected chi connectivity index (χ1v) is 13.6. The average Bonchev–Trinajstić information content (AvgIpc) is 3.50. The lowest BCUT2D eigenvalue weighted by atomic mass is 10.2. The summed E-state index contributed by atoms with van der Waals surface area (Å²) in [5.41, 5.74) is 2.22. The molecule has 0 spiro atoms. The molecule has 1 aliphatic rings. The third kappa shape index (κ3) is 4.20. The molecule has 0 saturated heterocycles.